The molecule has 0 unspecified atom stereocenters. The highest BCUT2D eigenvalue weighted by Gasteiger charge is 2.31. The van der Waals surface area contributed by atoms with Crippen LogP contribution in [0.15, 0.2) is 12.3 Å². The van der Waals surface area contributed by atoms with E-state index in [1.165, 1.54) is 12.8 Å². The second-order valence-electron chi connectivity index (χ2n) is 5.14. The maximum absolute atomic E-state index is 6.12. The molecule has 2 rings (SSSR count). The average molecular weight is 219 g/mol. The second-order valence-corrected chi connectivity index (χ2v) is 5.14. The van der Waals surface area contributed by atoms with Crippen LogP contribution in [0.3, 0.4) is 0 Å². The number of rotatable bonds is 4. The first-order valence-corrected chi connectivity index (χ1v) is 6.07. The predicted molar refractivity (Wildman–Crippen MR) is 68.6 cm³/mol. The van der Waals surface area contributed by atoms with Crippen molar-refractivity contribution in [2.75, 3.05) is 17.2 Å². The number of pyridine rings is 1. The molecule has 0 saturated heterocycles. The molecule has 1 fully saturated rings. The Hall–Kier alpha value is -1.25. The lowest BCUT2D eigenvalue weighted by Gasteiger charge is -2.27. The van der Waals surface area contributed by atoms with Crippen LogP contribution in [0.25, 0.3) is 0 Å². The van der Waals surface area contributed by atoms with E-state index in [2.05, 4.69) is 23.7 Å². The first-order chi connectivity index (χ1) is 7.59. The SMILES string of the molecule is Cc1ccnc(N(CC(C)C)C2CC2)c1N. The van der Waals surface area contributed by atoms with Crippen LogP contribution in [0, 0.1) is 12.8 Å². The zero-order valence-corrected chi connectivity index (χ0v) is 10.4. The number of aromatic nitrogens is 1. The summed E-state index contributed by atoms with van der Waals surface area (Å²) in [7, 11) is 0. The average Bonchev–Trinajstić information content (AvgIpc) is 3.02. The van der Waals surface area contributed by atoms with Crippen LogP contribution in [0.1, 0.15) is 32.3 Å². The third kappa shape index (κ3) is 2.29. The van der Waals surface area contributed by atoms with Gasteiger partial charge in [-0.1, -0.05) is 13.8 Å². The van der Waals surface area contributed by atoms with Crippen molar-refractivity contribution in [3.05, 3.63) is 17.8 Å². The summed E-state index contributed by atoms with van der Waals surface area (Å²) in [6.45, 7) is 7.56. The highest BCUT2D eigenvalue weighted by atomic mass is 15.2. The van der Waals surface area contributed by atoms with E-state index in [1.807, 2.05) is 19.2 Å². The molecule has 0 aromatic carbocycles. The van der Waals surface area contributed by atoms with E-state index in [4.69, 9.17) is 5.73 Å². The van der Waals surface area contributed by atoms with Gasteiger partial charge in [-0.25, -0.2) is 4.98 Å². The Morgan fingerprint density at radius 2 is 2.19 bits per heavy atom. The smallest absolute Gasteiger partial charge is 0.152 e. The minimum absolute atomic E-state index is 0.641. The van der Waals surface area contributed by atoms with Gasteiger partial charge in [-0.15, -0.1) is 0 Å². The highest BCUT2D eigenvalue weighted by Crippen LogP contribution is 2.34. The molecule has 0 radical (unpaired) electrons. The summed E-state index contributed by atoms with van der Waals surface area (Å²) in [5.41, 5.74) is 8.09. The first-order valence-electron chi connectivity index (χ1n) is 6.07. The number of anilines is 2. The summed E-state index contributed by atoms with van der Waals surface area (Å²) >= 11 is 0. The Labute approximate surface area is 97.7 Å². The molecule has 1 aliphatic rings. The molecule has 1 heterocycles. The lowest BCUT2D eigenvalue weighted by molar-refractivity contribution is 0.603. The lowest BCUT2D eigenvalue weighted by atomic mass is 10.2. The highest BCUT2D eigenvalue weighted by molar-refractivity contribution is 5.67. The van der Waals surface area contributed by atoms with E-state index in [0.717, 1.165) is 23.6 Å². The molecular formula is C13H21N3. The molecule has 1 aliphatic carbocycles. The van der Waals surface area contributed by atoms with Crippen molar-refractivity contribution in [2.24, 2.45) is 5.92 Å². The molecule has 0 amide bonds. The largest absolute Gasteiger partial charge is 0.396 e. The van der Waals surface area contributed by atoms with Gasteiger partial charge < -0.3 is 10.6 Å². The van der Waals surface area contributed by atoms with Crippen LogP contribution in [0.4, 0.5) is 11.5 Å². The van der Waals surface area contributed by atoms with E-state index in [1.54, 1.807) is 0 Å². The maximum Gasteiger partial charge on any atom is 0.152 e. The van der Waals surface area contributed by atoms with Gasteiger partial charge in [-0.2, -0.15) is 0 Å². The molecule has 3 heteroatoms. The third-order valence-electron chi connectivity index (χ3n) is 3.01. The van der Waals surface area contributed by atoms with Crippen LogP contribution in [0.2, 0.25) is 0 Å². The standard InChI is InChI=1S/C13H21N3/c1-9(2)8-16(11-4-5-11)13-12(14)10(3)6-7-15-13/h6-7,9,11H,4-5,8,14H2,1-3H3. The molecule has 16 heavy (non-hydrogen) atoms. The van der Waals surface area contributed by atoms with Crippen molar-refractivity contribution in [1.82, 2.24) is 4.98 Å². The Morgan fingerprint density at radius 3 is 2.75 bits per heavy atom. The van der Waals surface area contributed by atoms with Crippen molar-refractivity contribution in [2.45, 2.75) is 39.7 Å². The van der Waals surface area contributed by atoms with Gasteiger partial charge in [0.25, 0.3) is 0 Å². The van der Waals surface area contributed by atoms with E-state index < -0.39 is 0 Å². The lowest BCUT2D eigenvalue weighted by Crippen LogP contribution is -2.31. The second kappa shape index (κ2) is 4.32. The molecule has 88 valence electrons. The minimum atomic E-state index is 0.641. The molecular weight excluding hydrogens is 198 g/mol. The van der Waals surface area contributed by atoms with Crippen molar-refractivity contribution in [3.63, 3.8) is 0 Å². The van der Waals surface area contributed by atoms with Gasteiger partial charge >= 0.3 is 0 Å². The molecule has 0 spiro atoms. The van der Waals surface area contributed by atoms with Crippen LogP contribution in [-0.2, 0) is 0 Å². The zero-order valence-electron chi connectivity index (χ0n) is 10.4. The van der Waals surface area contributed by atoms with Gasteiger partial charge in [0.05, 0.1) is 5.69 Å². The normalized spacial score (nSPS) is 15.5. The van der Waals surface area contributed by atoms with Gasteiger partial charge in [-0.05, 0) is 37.3 Å². The molecule has 0 atom stereocenters. The molecule has 1 aromatic rings. The third-order valence-corrected chi connectivity index (χ3v) is 3.01. The van der Waals surface area contributed by atoms with Crippen molar-refractivity contribution < 1.29 is 0 Å². The molecule has 2 N–H and O–H groups in total. The predicted octanol–water partition coefficient (Wildman–Crippen LogP) is 2.60. The number of nitrogen functional groups attached to an aromatic ring is 1. The summed E-state index contributed by atoms with van der Waals surface area (Å²) < 4.78 is 0. The van der Waals surface area contributed by atoms with E-state index in [0.29, 0.717) is 12.0 Å². The van der Waals surface area contributed by atoms with Gasteiger partial charge in [0.2, 0.25) is 0 Å². The molecule has 0 aliphatic heterocycles. The fourth-order valence-electron chi connectivity index (χ4n) is 1.97. The number of nitrogens with zero attached hydrogens (tertiary/aromatic N) is 2. The fourth-order valence-corrected chi connectivity index (χ4v) is 1.97. The van der Waals surface area contributed by atoms with Crippen molar-refractivity contribution in [3.8, 4) is 0 Å². The topological polar surface area (TPSA) is 42.2 Å². The zero-order chi connectivity index (χ0) is 11.7. The number of nitrogens with two attached hydrogens (primary N) is 1. The molecule has 0 bridgehead atoms. The summed E-state index contributed by atoms with van der Waals surface area (Å²) in [6, 6.07) is 2.64. The van der Waals surface area contributed by atoms with E-state index >= 15 is 0 Å². The van der Waals surface area contributed by atoms with E-state index in [-0.39, 0.29) is 0 Å². The van der Waals surface area contributed by atoms with Crippen molar-refractivity contribution >= 4 is 11.5 Å². The van der Waals surface area contributed by atoms with Crippen LogP contribution in [-0.4, -0.2) is 17.6 Å². The number of hydrogen-bond donors (Lipinski definition) is 1. The summed E-state index contributed by atoms with van der Waals surface area (Å²) in [5, 5.41) is 0. The number of aryl methyl sites for hydroxylation is 1. The molecule has 1 aromatic heterocycles. The van der Waals surface area contributed by atoms with Gasteiger partial charge in [0.15, 0.2) is 5.82 Å². The monoisotopic (exact) mass is 219 g/mol. The minimum Gasteiger partial charge on any atom is -0.396 e. The van der Waals surface area contributed by atoms with Crippen LogP contribution >= 0.6 is 0 Å². The maximum atomic E-state index is 6.12. The van der Waals surface area contributed by atoms with Gasteiger partial charge in [0, 0.05) is 18.8 Å². The Morgan fingerprint density at radius 1 is 1.50 bits per heavy atom. The molecule has 1 saturated carbocycles. The Balaban J connectivity index is 2.27. The first kappa shape index (κ1) is 11.2. The van der Waals surface area contributed by atoms with Gasteiger partial charge in [0.1, 0.15) is 0 Å². The number of hydrogen-bond acceptors (Lipinski definition) is 3. The summed E-state index contributed by atoms with van der Waals surface area (Å²) in [4.78, 5) is 6.84. The quantitative estimate of drug-likeness (QED) is 0.846. The molecule has 3 nitrogen and oxygen atoms in total. The summed E-state index contributed by atoms with van der Waals surface area (Å²) in [6.07, 6.45) is 4.42. The Kier molecular flexibility index (Phi) is 3.03. The van der Waals surface area contributed by atoms with Crippen LogP contribution < -0.4 is 10.6 Å². The van der Waals surface area contributed by atoms with E-state index in [9.17, 15) is 0 Å². The Bertz CT molecular complexity index is 369. The summed E-state index contributed by atoms with van der Waals surface area (Å²) in [5.74, 6) is 1.62. The van der Waals surface area contributed by atoms with Gasteiger partial charge in [-0.3, -0.25) is 0 Å². The van der Waals surface area contributed by atoms with Crippen molar-refractivity contribution in [1.29, 1.82) is 0 Å². The van der Waals surface area contributed by atoms with Crippen LogP contribution in [0.5, 0.6) is 0 Å². The fraction of sp³-hybridized carbons (Fsp3) is 0.615.